The topological polar surface area (TPSA) is 56.7 Å². The average Bonchev–Trinajstić information content (AvgIpc) is 2.94. The van der Waals surface area contributed by atoms with Crippen molar-refractivity contribution in [2.45, 2.75) is 70.9 Å². The van der Waals surface area contributed by atoms with Crippen LogP contribution in [0, 0.1) is 6.92 Å². The standard InChI is InChI=1S/C13H24N4/c1-3-4-9-12(14)13-16-15-10(2)17(13)11-7-5-6-8-11/h11-12H,3-9,14H2,1-2H3. The zero-order chi connectivity index (χ0) is 12.3. The fourth-order valence-electron chi connectivity index (χ4n) is 2.81. The monoisotopic (exact) mass is 236 g/mol. The maximum atomic E-state index is 6.24. The molecule has 4 heteroatoms. The zero-order valence-electron chi connectivity index (χ0n) is 11.0. The summed E-state index contributed by atoms with van der Waals surface area (Å²) in [5, 5.41) is 8.52. The first-order valence-electron chi connectivity index (χ1n) is 6.91. The summed E-state index contributed by atoms with van der Waals surface area (Å²) in [6, 6.07) is 0.643. The van der Waals surface area contributed by atoms with Crippen molar-refractivity contribution in [1.29, 1.82) is 0 Å². The fraction of sp³-hybridized carbons (Fsp3) is 0.846. The number of unbranched alkanes of at least 4 members (excludes halogenated alkanes) is 1. The molecule has 1 aliphatic rings. The highest BCUT2D eigenvalue weighted by Crippen LogP contribution is 2.32. The van der Waals surface area contributed by atoms with Gasteiger partial charge in [-0.05, 0) is 26.2 Å². The van der Waals surface area contributed by atoms with Gasteiger partial charge in [-0.15, -0.1) is 10.2 Å². The number of aryl methyl sites for hydroxylation is 1. The van der Waals surface area contributed by atoms with Gasteiger partial charge in [0.25, 0.3) is 0 Å². The predicted molar refractivity (Wildman–Crippen MR) is 68.7 cm³/mol. The number of aromatic nitrogens is 3. The van der Waals surface area contributed by atoms with Crippen molar-refractivity contribution < 1.29 is 0 Å². The SMILES string of the molecule is CCCCC(N)c1nnc(C)n1C1CCCC1. The van der Waals surface area contributed by atoms with Crippen LogP contribution in [0.25, 0.3) is 0 Å². The summed E-state index contributed by atoms with van der Waals surface area (Å²) in [5.74, 6) is 2.03. The molecule has 1 fully saturated rings. The van der Waals surface area contributed by atoms with Gasteiger partial charge in [0.1, 0.15) is 11.6 Å². The van der Waals surface area contributed by atoms with Crippen molar-refractivity contribution in [2.75, 3.05) is 0 Å². The Morgan fingerprint density at radius 2 is 2.06 bits per heavy atom. The minimum atomic E-state index is 0.0525. The van der Waals surface area contributed by atoms with E-state index >= 15 is 0 Å². The summed E-state index contributed by atoms with van der Waals surface area (Å²) < 4.78 is 2.30. The van der Waals surface area contributed by atoms with E-state index in [1.165, 1.54) is 32.1 Å². The van der Waals surface area contributed by atoms with Gasteiger partial charge in [0.05, 0.1) is 6.04 Å². The van der Waals surface area contributed by atoms with Crippen LogP contribution in [0.3, 0.4) is 0 Å². The minimum absolute atomic E-state index is 0.0525. The molecule has 0 bridgehead atoms. The number of nitrogens with two attached hydrogens (primary N) is 1. The molecular formula is C13H24N4. The molecule has 1 saturated carbocycles. The number of rotatable bonds is 5. The van der Waals surface area contributed by atoms with E-state index < -0.39 is 0 Å². The highest BCUT2D eigenvalue weighted by molar-refractivity contribution is 5.02. The lowest BCUT2D eigenvalue weighted by Gasteiger charge is -2.19. The lowest BCUT2D eigenvalue weighted by Crippen LogP contribution is -2.19. The second-order valence-electron chi connectivity index (χ2n) is 5.16. The molecule has 1 aromatic rings. The lowest BCUT2D eigenvalue weighted by atomic mass is 10.1. The van der Waals surface area contributed by atoms with E-state index in [4.69, 9.17) is 5.73 Å². The second kappa shape index (κ2) is 5.63. The Labute approximate surface area is 104 Å². The quantitative estimate of drug-likeness (QED) is 0.855. The lowest BCUT2D eigenvalue weighted by molar-refractivity contribution is 0.454. The molecule has 1 unspecified atom stereocenters. The molecule has 0 spiro atoms. The Bertz CT molecular complexity index is 352. The molecule has 0 saturated heterocycles. The third-order valence-corrected chi connectivity index (χ3v) is 3.78. The summed E-state index contributed by atoms with van der Waals surface area (Å²) in [6.07, 6.45) is 8.53. The van der Waals surface area contributed by atoms with E-state index in [0.717, 1.165) is 24.5 Å². The first kappa shape index (κ1) is 12.6. The summed E-state index contributed by atoms with van der Waals surface area (Å²) in [6.45, 7) is 4.24. The van der Waals surface area contributed by atoms with Gasteiger partial charge >= 0.3 is 0 Å². The Balaban J connectivity index is 2.16. The van der Waals surface area contributed by atoms with E-state index in [1.54, 1.807) is 0 Å². The summed E-state index contributed by atoms with van der Waals surface area (Å²) in [4.78, 5) is 0. The molecule has 1 aromatic heterocycles. The van der Waals surface area contributed by atoms with Crippen molar-refractivity contribution >= 4 is 0 Å². The van der Waals surface area contributed by atoms with Gasteiger partial charge in [0.15, 0.2) is 0 Å². The number of hydrogen-bond acceptors (Lipinski definition) is 3. The van der Waals surface area contributed by atoms with Crippen molar-refractivity contribution in [1.82, 2.24) is 14.8 Å². The van der Waals surface area contributed by atoms with Gasteiger partial charge in [-0.2, -0.15) is 0 Å². The summed E-state index contributed by atoms with van der Waals surface area (Å²) in [7, 11) is 0. The Hall–Kier alpha value is -0.900. The molecule has 1 aliphatic carbocycles. The Kier molecular flexibility index (Phi) is 4.15. The van der Waals surface area contributed by atoms with E-state index in [1.807, 2.05) is 6.92 Å². The average molecular weight is 236 g/mol. The maximum absolute atomic E-state index is 6.24. The van der Waals surface area contributed by atoms with Crippen LogP contribution in [0.2, 0.25) is 0 Å². The van der Waals surface area contributed by atoms with Gasteiger partial charge in [-0.1, -0.05) is 32.6 Å². The van der Waals surface area contributed by atoms with Crippen LogP contribution in [0.5, 0.6) is 0 Å². The zero-order valence-corrected chi connectivity index (χ0v) is 11.0. The van der Waals surface area contributed by atoms with Crippen molar-refractivity contribution in [3.8, 4) is 0 Å². The van der Waals surface area contributed by atoms with Crippen LogP contribution in [0.15, 0.2) is 0 Å². The molecule has 1 heterocycles. The van der Waals surface area contributed by atoms with Gasteiger partial charge in [0, 0.05) is 6.04 Å². The third kappa shape index (κ3) is 2.68. The van der Waals surface area contributed by atoms with E-state index in [0.29, 0.717) is 6.04 Å². The van der Waals surface area contributed by atoms with Crippen molar-refractivity contribution in [3.05, 3.63) is 11.6 Å². The summed E-state index contributed by atoms with van der Waals surface area (Å²) in [5.41, 5.74) is 6.24. The van der Waals surface area contributed by atoms with Crippen LogP contribution < -0.4 is 5.73 Å². The maximum Gasteiger partial charge on any atom is 0.150 e. The summed E-state index contributed by atoms with van der Waals surface area (Å²) >= 11 is 0. The van der Waals surface area contributed by atoms with Crippen molar-refractivity contribution in [3.63, 3.8) is 0 Å². The molecular weight excluding hydrogens is 212 g/mol. The predicted octanol–water partition coefficient (Wildman–Crippen LogP) is 2.89. The first-order valence-corrected chi connectivity index (χ1v) is 6.91. The third-order valence-electron chi connectivity index (χ3n) is 3.78. The smallest absolute Gasteiger partial charge is 0.150 e. The molecule has 2 rings (SSSR count). The van der Waals surface area contributed by atoms with Crippen LogP contribution in [0.4, 0.5) is 0 Å². The minimum Gasteiger partial charge on any atom is -0.321 e. The van der Waals surface area contributed by atoms with Gasteiger partial charge < -0.3 is 10.3 Å². The van der Waals surface area contributed by atoms with Crippen LogP contribution in [-0.2, 0) is 0 Å². The molecule has 1 atom stereocenters. The molecule has 4 nitrogen and oxygen atoms in total. The van der Waals surface area contributed by atoms with Crippen LogP contribution in [0.1, 0.15) is 75.6 Å². The second-order valence-corrected chi connectivity index (χ2v) is 5.16. The van der Waals surface area contributed by atoms with E-state index in [9.17, 15) is 0 Å². The molecule has 17 heavy (non-hydrogen) atoms. The molecule has 0 aromatic carbocycles. The molecule has 2 N–H and O–H groups in total. The van der Waals surface area contributed by atoms with Gasteiger partial charge in [-0.3, -0.25) is 0 Å². The Morgan fingerprint density at radius 1 is 1.35 bits per heavy atom. The number of hydrogen-bond donors (Lipinski definition) is 1. The molecule has 96 valence electrons. The van der Waals surface area contributed by atoms with Gasteiger partial charge in [-0.25, -0.2) is 0 Å². The van der Waals surface area contributed by atoms with E-state index in [-0.39, 0.29) is 6.04 Å². The molecule has 0 aliphatic heterocycles. The fourth-order valence-corrected chi connectivity index (χ4v) is 2.81. The van der Waals surface area contributed by atoms with Crippen molar-refractivity contribution in [2.24, 2.45) is 5.73 Å². The largest absolute Gasteiger partial charge is 0.321 e. The first-order chi connectivity index (χ1) is 8.24. The molecule has 0 amide bonds. The normalized spacial score (nSPS) is 18.8. The highest BCUT2D eigenvalue weighted by atomic mass is 15.3. The van der Waals surface area contributed by atoms with E-state index in [2.05, 4.69) is 21.7 Å². The van der Waals surface area contributed by atoms with Crippen LogP contribution in [-0.4, -0.2) is 14.8 Å². The molecule has 0 radical (unpaired) electrons. The van der Waals surface area contributed by atoms with Crippen LogP contribution >= 0.6 is 0 Å². The number of nitrogens with zero attached hydrogens (tertiary/aromatic N) is 3. The highest BCUT2D eigenvalue weighted by Gasteiger charge is 2.24. The van der Waals surface area contributed by atoms with Gasteiger partial charge in [0.2, 0.25) is 0 Å². The Morgan fingerprint density at radius 3 is 2.71 bits per heavy atom.